The zero-order valence-electron chi connectivity index (χ0n) is 21.7. The summed E-state index contributed by atoms with van der Waals surface area (Å²) in [5.74, 6) is -2.72. The molecule has 1 N–H and O–H groups in total. The molecule has 11 heteroatoms. The molecule has 1 atom stereocenters. The summed E-state index contributed by atoms with van der Waals surface area (Å²) in [5, 5.41) is 9.41. The van der Waals surface area contributed by atoms with Gasteiger partial charge in [0.2, 0.25) is 0 Å². The van der Waals surface area contributed by atoms with Crippen molar-refractivity contribution >= 4 is 28.7 Å². The first-order valence-corrected chi connectivity index (χ1v) is 13.7. The summed E-state index contributed by atoms with van der Waals surface area (Å²) in [6.07, 6.45) is 3.23. The Morgan fingerprint density at radius 3 is 2.71 bits per heavy atom. The third kappa shape index (κ3) is 5.39. The summed E-state index contributed by atoms with van der Waals surface area (Å²) in [6.45, 7) is 8.21. The first-order valence-electron chi connectivity index (χ1n) is 12.8. The van der Waals surface area contributed by atoms with Gasteiger partial charge in [0.25, 0.3) is 11.8 Å². The minimum atomic E-state index is -2.79. The van der Waals surface area contributed by atoms with E-state index in [1.54, 1.807) is 34.2 Å². The topological polar surface area (TPSA) is 78.7 Å². The maximum Gasteiger partial charge on any atom is 0.266 e. The molecule has 1 amide bonds. The van der Waals surface area contributed by atoms with Crippen LogP contribution in [0.5, 0.6) is 0 Å². The SMILES string of the molecule is CCN(CC)C(C)CNC(=O)c1cc(-c2cnn3ccc(-c4cccs4)nc23)nc(N2CCC(F)(F)C2)c1. The van der Waals surface area contributed by atoms with E-state index in [-0.39, 0.29) is 24.9 Å². The van der Waals surface area contributed by atoms with Crippen LogP contribution >= 0.6 is 11.3 Å². The monoisotopic (exact) mass is 539 g/mol. The highest BCUT2D eigenvalue weighted by Gasteiger charge is 2.39. The molecule has 8 nitrogen and oxygen atoms in total. The van der Waals surface area contributed by atoms with Gasteiger partial charge in [0.1, 0.15) is 5.82 Å². The Bertz CT molecular complexity index is 1420. The minimum absolute atomic E-state index is 0.159. The Morgan fingerprint density at radius 1 is 1.21 bits per heavy atom. The van der Waals surface area contributed by atoms with E-state index in [2.05, 4.69) is 36.1 Å². The van der Waals surface area contributed by atoms with Crippen molar-refractivity contribution in [1.82, 2.24) is 29.8 Å². The van der Waals surface area contributed by atoms with Crippen molar-refractivity contribution in [2.24, 2.45) is 0 Å². The van der Waals surface area contributed by atoms with Crippen LogP contribution in [0, 0.1) is 0 Å². The summed E-state index contributed by atoms with van der Waals surface area (Å²) in [6, 6.07) is 9.29. The van der Waals surface area contributed by atoms with Crippen LogP contribution in [-0.2, 0) is 0 Å². The number of halogens is 2. The van der Waals surface area contributed by atoms with E-state index in [4.69, 9.17) is 9.97 Å². The summed E-state index contributed by atoms with van der Waals surface area (Å²) in [7, 11) is 0. The van der Waals surface area contributed by atoms with Gasteiger partial charge in [-0.1, -0.05) is 19.9 Å². The molecule has 38 heavy (non-hydrogen) atoms. The van der Waals surface area contributed by atoms with Gasteiger partial charge in [-0.25, -0.2) is 23.3 Å². The van der Waals surface area contributed by atoms with Crippen LogP contribution in [0.2, 0.25) is 0 Å². The fourth-order valence-electron chi connectivity index (χ4n) is 4.81. The summed E-state index contributed by atoms with van der Waals surface area (Å²) in [5.41, 5.74) is 2.83. The van der Waals surface area contributed by atoms with Crippen LogP contribution in [0.4, 0.5) is 14.6 Å². The highest BCUT2D eigenvalue weighted by Crippen LogP contribution is 2.33. The van der Waals surface area contributed by atoms with Gasteiger partial charge >= 0.3 is 0 Å². The van der Waals surface area contributed by atoms with Crippen LogP contribution in [0.3, 0.4) is 0 Å². The lowest BCUT2D eigenvalue weighted by Gasteiger charge is -2.26. The molecule has 0 radical (unpaired) electrons. The predicted molar refractivity (Wildman–Crippen MR) is 146 cm³/mol. The predicted octanol–water partition coefficient (Wildman–Crippen LogP) is 4.83. The molecule has 200 valence electrons. The van der Waals surface area contributed by atoms with Gasteiger partial charge in [0.05, 0.1) is 34.6 Å². The summed E-state index contributed by atoms with van der Waals surface area (Å²) >= 11 is 1.59. The van der Waals surface area contributed by atoms with Crippen molar-refractivity contribution in [3.63, 3.8) is 0 Å². The second kappa shape index (κ2) is 10.7. The third-order valence-corrected chi connectivity index (χ3v) is 7.87. The lowest BCUT2D eigenvalue weighted by Crippen LogP contribution is -2.42. The Kier molecular flexibility index (Phi) is 7.40. The molecule has 1 saturated heterocycles. The normalized spacial score (nSPS) is 15.9. The number of hydrogen-bond acceptors (Lipinski definition) is 7. The number of likely N-dealkylation sites (N-methyl/N-ethyl adjacent to an activating group) is 1. The van der Waals surface area contributed by atoms with E-state index in [9.17, 15) is 13.6 Å². The molecular formula is C27H31F2N7OS. The Hall–Kier alpha value is -3.44. The Morgan fingerprint density at radius 2 is 2.03 bits per heavy atom. The number of pyridine rings is 1. The van der Waals surface area contributed by atoms with Crippen molar-refractivity contribution in [3.05, 3.63) is 53.7 Å². The highest BCUT2D eigenvalue weighted by molar-refractivity contribution is 7.13. The molecule has 0 aliphatic carbocycles. The molecule has 0 aromatic carbocycles. The summed E-state index contributed by atoms with van der Waals surface area (Å²) < 4.78 is 29.8. The molecule has 5 heterocycles. The van der Waals surface area contributed by atoms with Gasteiger partial charge in [-0.2, -0.15) is 5.10 Å². The van der Waals surface area contributed by atoms with Gasteiger partial charge < -0.3 is 10.2 Å². The maximum atomic E-state index is 14.1. The third-order valence-electron chi connectivity index (χ3n) is 6.98. The Labute approximate surface area is 224 Å². The number of amides is 1. The first kappa shape index (κ1) is 26.2. The van der Waals surface area contributed by atoms with E-state index in [0.717, 1.165) is 23.7 Å². The largest absolute Gasteiger partial charge is 0.350 e. The minimum Gasteiger partial charge on any atom is -0.350 e. The van der Waals surface area contributed by atoms with Crippen LogP contribution in [-0.4, -0.2) is 75.1 Å². The number of fused-ring (bicyclic) bond motifs is 1. The molecular weight excluding hydrogens is 508 g/mol. The second-order valence-corrected chi connectivity index (χ2v) is 10.5. The van der Waals surface area contributed by atoms with E-state index in [0.29, 0.717) is 34.8 Å². The molecule has 4 aromatic rings. The molecule has 1 unspecified atom stereocenters. The van der Waals surface area contributed by atoms with E-state index < -0.39 is 12.5 Å². The molecule has 0 saturated carbocycles. The first-order chi connectivity index (χ1) is 18.3. The lowest BCUT2D eigenvalue weighted by molar-refractivity contribution is 0.0256. The van der Waals surface area contributed by atoms with Crippen LogP contribution < -0.4 is 10.2 Å². The van der Waals surface area contributed by atoms with Crippen molar-refractivity contribution in [3.8, 4) is 21.8 Å². The van der Waals surface area contributed by atoms with Crippen molar-refractivity contribution < 1.29 is 13.6 Å². The molecule has 1 aliphatic heterocycles. The van der Waals surface area contributed by atoms with Gasteiger partial charge in [-0.3, -0.25) is 9.69 Å². The number of thiophene rings is 1. The van der Waals surface area contributed by atoms with Gasteiger partial charge in [0, 0.05) is 37.3 Å². The van der Waals surface area contributed by atoms with Gasteiger partial charge in [-0.15, -0.1) is 11.3 Å². The van der Waals surface area contributed by atoms with Crippen molar-refractivity contribution in [2.45, 2.75) is 39.2 Å². The smallest absolute Gasteiger partial charge is 0.266 e. The number of nitrogens with zero attached hydrogens (tertiary/aromatic N) is 6. The number of hydrogen-bond donors (Lipinski definition) is 1. The number of aromatic nitrogens is 4. The lowest BCUT2D eigenvalue weighted by atomic mass is 10.1. The number of alkyl halides is 2. The quantitative estimate of drug-likeness (QED) is 0.329. The number of rotatable bonds is 9. The molecule has 5 rings (SSSR count). The standard InChI is InChI=1S/C27H31F2N7OS/c1-4-34(5-2)18(3)15-30-26(37)19-13-22(32-24(14-19)35-11-9-27(28,29)17-35)20-16-31-36-10-8-21(33-25(20)36)23-7-6-12-38-23/h6-8,10,12-14,16,18H,4-5,9,11,15,17H2,1-3H3,(H,30,37). The number of carbonyl (C=O) groups excluding carboxylic acids is 1. The van der Waals surface area contributed by atoms with Crippen molar-refractivity contribution in [1.29, 1.82) is 0 Å². The fourth-order valence-corrected chi connectivity index (χ4v) is 5.50. The fraction of sp³-hybridized carbons (Fsp3) is 0.407. The number of nitrogens with one attached hydrogen (secondary N) is 1. The van der Waals surface area contributed by atoms with Crippen LogP contribution in [0.1, 0.15) is 37.6 Å². The van der Waals surface area contributed by atoms with E-state index in [1.165, 1.54) is 4.90 Å². The van der Waals surface area contributed by atoms with Gasteiger partial charge in [0.15, 0.2) is 5.65 Å². The molecule has 0 bridgehead atoms. The van der Waals surface area contributed by atoms with E-state index >= 15 is 0 Å². The molecule has 4 aromatic heterocycles. The van der Waals surface area contributed by atoms with E-state index in [1.807, 2.05) is 29.8 Å². The van der Waals surface area contributed by atoms with Gasteiger partial charge in [-0.05, 0) is 49.7 Å². The maximum absolute atomic E-state index is 14.1. The van der Waals surface area contributed by atoms with Crippen LogP contribution in [0.25, 0.3) is 27.5 Å². The average molecular weight is 540 g/mol. The number of carbonyl (C=O) groups is 1. The number of anilines is 1. The van der Waals surface area contributed by atoms with Crippen LogP contribution in [0.15, 0.2) is 48.1 Å². The zero-order valence-corrected chi connectivity index (χ0v) is 22.5. The Balaban J connectivity index is 1.52. The molecule has 0 spiro atoms. The average Bonchev–Trinajstić information content (AvgIpc) is 3.67. The van der Waals surface area contributed by atoms with Crippen molar-refractivity contribution in [2.75, 3.05) is 37.6 Å². The highest BCUT2D eigenvalue weighted by atomic mass is 32.1. The molecule has 1 aliphatic rings. The molecule has 1 fully saturated rings. The zero-order chi connectivity index (χ0) is 26.9. The summed E-state index contributed by atoms with van der Waals surface area (Å²) in [4.78, 5) is 27.6. The second-order valence-electron chi connectivity index (χ2n) is 9.52.